The van der Waals surface area contributed by atoms with E-state index in [4.69, 9.17) is 4.74 Å². The molecule has 2 aromatic heterocycles. The van der Waals surface area contributed by atoms with Crippen molar-refractivity contribution in [3.63, 3.8) is 0 Å². The van der Waals surface area contributed by atoms with Gasteiger partial charge in [-0.1, -0.05) is 12.1 Å². The van der Waals surface area contributed by atoms with Gasteiger partial charge in [0.05, 0.1) is 20.0 Å². The molecule has 1 aliphatic heterocycles. The van der Waals surface area contributed by atoms with Gasteiger partial charge in [-0.2, -0.15) is 5.10 Å². The van der Waals surface area contributed by atoms with Crippen molar-refractivity contribution in [2.45, 2.75) is 25.8 Å². The van der Waals surface area contributed by atoms with Crippen molar-refractivity contribution in [3.05, 3.63) is 82.8 Å². The first kappa shape index (κ1) is 22.1. The van der Waals surface area contributed by atoms with Gasteiger partial charge in [0.25, 0.3) is 0 Å². The van der Waals surface area contributed by atoms with Crippen LogP contribution in [0.5, 0.6) is 5.75 Å². The van der Waals surface area contributed by atoms with Gasteiger partial charge < -0.3 is 9.72 Å². The first-order valence-electron chi connectivity index (χ1n) is 12.4. The lowest BCUT2D eigenvalue weighted by atomic mass is 9.88. The van der Waals surface area contributed by atoms with Gasteiger partial charge in [0.2, 0.25) is 0 Å². The van der Waals surface area contributed by atoms with Crippen molar-refractivity contribution in [2.24, 2.45) is 13.0 Å². The average molecular weight is 471 g/mol. The number of allylic oxidation sites excluding steroid dienone is 1. The number of methoxy groups -OCH3 is 1. The van der Waals surface area contributed by atoms with Gasteiger partial charge in [-0.15, -0.1) is 0 Å². The van der Waals surface area contributed by atoms with Crippen molar-refractivity contribution < 1.29 is 9.13 Å². The Morgan fingerprint density at radius 2 is 1.97 bits per heavy atom. The van der Waals surface area contributed by atoms with Crippen LogP contribution in [-0.4, -0.2) is 46.5 Å². The van der Waals surface area contributed by atoms with Crippen molar-refractivity contribution >= 4 is 22.0 Å². The highest BCUT2D eigenvalue weighted by Gasteiger charge is 2.27. The minimum absolute atomic E-state index is 0.206. The largest absolute Gasteiger partial charge is 0.497 e. The molecule has 1 aliphatic carbocycles. The summed E-state index contributed by atoms with van der Waals surface area (Å²) in [5, 5.41) is 5.68. The maximum Gasteiger partial charge on any atom is 0.119 e. The van der Waals surface area contributed by atoms with Gasteiger partial charge in [0, 0.05) is 61.0 Å². The van der Waals surface area contributed by atoms with E-state index >= 15 is 0 Å². The zero-order valence-corrected chi connectivity index (χ0v) is 20.4. The summed E-state index contributed by atoms with van der Waals surface area (Å²) in [6, 6.07) is 15.4. The van der Waals surface area contributed by atoms with Gasteiger partial charge in [0.1, 0.15) is 5.75 Å². The molecule has 0 saturated carbocycles. The van der Waals surface area contributed by atoms with E-state index < -0.39 is 0 Å². The zero-order chi connectivity index (χ0) is 23.9. The predicted octanol–water partition coefficient (Wildman–Crippen LogP) is 5.61. The van der Waals surface area contributed by atoms with Gasteiger partial charge in [0.15, 0.2) is 0 Å². The summed E-state index contributed by atoms with van der Waals surface area (Å²) in [5.74, 6) is 1.11. The molecular weight excluding hydrogens is 439 g/mol. The van der Waals surface area contributed by atoms with Crippen LogP contribution in [0, 0.1) is 5.92 Å². The van der Waals surface area contributed by atoms with Crippen molar-refractivity contribution in [2.75, 3.05) is 26.9 Å². The van der Waals surface area contributed by atoms with E-state index in [1.165, 1.54) is 44.5 Å². The summed E-state index contributed by atoms with van der Waals surface area (Å²) < 4.78 is 20.2. The smallest absolute Gasteiger partial charge is 0.119 e. The van der Waals surface area contributed by atoms with Crippen molar-refractivity contribution in [1.82, 2.24) is 19.7 Å². The van der Waals surface area contributed by atoms with E-state index in [2.05, 4.69) is 63.6 Å². The number of ether oxygens (including phenoxy) is 1. The Bertz CT molecular complexity index is 1410. The van der Waals surface area contributed by atoms with Crippen LogP contribution in [0.3, 0.4) is 0 Å². The van der Waals surface area contributed by atoms with E-state index in [1.54, 1.807) is 7.11 Å². The second-order valence-corrected chi connectivity index (χ2v) is 9.94. The number of halogens is 1. The van der Waals surface area contributed by atoms with Crippen molar-refractivity contribution in [1.29, 1.82) is 0 Å². The van der Waals surface area contributed by atoms with Gasteiger partial charge in [-0.25, -0.2) is 0 Å². The Labute approximate surface area is 205 Å². The lowest BCUT2D eigenvalue weighted by Gasteiger charge is -2.37. The lowest BCUT2D eigenvalue weighted by Crippen LogP contribution is -2.46. The Balaban J connectivity index is 1.44. The molecule has 2 aliphatic rings. The minimum atomic E-state index is -0.214. The molecule has 35 heavy (non-hydrogen) atoms. The number of rotatable bonds is 6. The number of nitrogens with zero attached hydrogens (tertiary/aromatic N) is 3. The fraction of sp³-hybridized carbons (Fsp3) is 0.345. The number of H-pyrrole nitrogens is 1. The summed E-state index contributed by atoms with van der Waals surface area (Å²) >= 11 is 0. The molecule has 6 rings (SSSR count). The summed E-state index contributed by atoms with van der Waals surface area (Å²) in [5.41, 5.74) is 9.95. The number of aromatic nitrogens is 3. The molecule has 1 fully saturated rings. The molecule has 0 amide bonds. The molecule has 0 radical (unpaired) electrons. The summed E-state index contributed by atoms with van der Waals surface area (Å²) in [4.78, 5) is 5.87. The number of nitrogens with one attached hydrogen (secondary N) is 1. The normalized spacial score (nSPS) is 16.9. The fourth-order valence-electron chi connectivity index (χ4n) is 5.66. The minimum Gasteiger partial charge on any atom is -0.497 e. The van der Waals surface area contributed by atoms with Crippen LogP contribution in [0.4, 0.5) is 4.39 Å². The highest BCUT2D eigenvalue weighted by Crippen LogP contribution is 2.41. The molecule has 0 unspecified atom stereocenters. The Hall–Kier alpha value is -3.38. The fourth-order valence-corrected chi connectivity index (χ4v) is 5.66. The third kappa shape index (κ3) is 4.16. The number of likely N-dealkylation sites (tertiary alicyclic amines) is 1. The van der Waals surface area contributed by atoms with Gasteiger partial charge in [-0.3, -0.25) is 14.0 Å². The molecule has 0 bridgehead atoms. The molecular formula is C29H31FN4O. The number of hydrogen-bond donors (Lipinski definition) is 1. The standard InChI is InChI=1S/C29H31FN4O/c1-33-17-23(14-31-33)26-5-3-4-20-12-25(35-2)7-8-27(20)29(26)21-6-9-28-22(10-21)11-24(32-28)18-34-15-19(13-30)16-34/h6-12,14,17,19,32H,3-5,13,15-16,18H2,1-2H3. The van der Waals surface area contributed by atoms with Crippen LogP contribution in [0.15, 0.2) is 54.9 Å². The number of aryl methyl sites for hydroxylation is 2. The molecule has 1 N–H and O–H groups in total. The molecule has 1 saturated heterocycles. The third-order valence-electron chi connectivity index (χ3n) is 7.42. The molecule has 6 heteroatoms. The van der Waals surface area contributed by atoms with E-state index in [0.717, 1.165) is 50.2 Å². The molecule has 0 spiro atoms. The Morgan fingerprint density at radius 1 is 1.09 bits per heavy atom. The molecule has 3 heterocycles. The third-order valence-corrected chi connectivity index (χ3v) is 7.42. The SMILES string of the molecule is COc1ccc2c(c1)CCCC(c1cnn(C)c1)=C2c1ccc2[nH]c(CN3CC(CF)C3)cc2c1. The molecule has 180 valence electrons. The van der Waals surface area contributed by atoms with E-state index in [1.807, 2.05) is 17.9 Å². The van der Waals surface area contributed by atoms with Crippen LogP contribution >= 0.6 is 0 Å². The summed E-state index contributed by atoms with van der Waals surface area (Å²) in [6.45, 7) is 2.32. The topological polar surface area (TPSA) is 46.1 Å². The second kappa shape index (κ2) is 9.00. The van der Waals surface area contributed by atoms with E-state index in [9.17, 15) is 4.39 Å². The number of aromatic amines is 1. The van der Waals surface area contributed by atoms with Crippen LogP contribution in [-0.2, 0) is 20.0 Å². The second-order valence-electron chi connectivity index (χ2n) is 9.94. The van der Waals surface area contributed by atoms with Gasteiger partial charge in [-0.05, 0) is 77.4 Å². The highest BCUT2D eigenvalue weighted by molar-refractivity contribution is 6.01. The first-order valence-corrected chi connectivity index (χ1v) is 12.4. The van der Waals surface area contributed by atoms with Gasteiger partial charge >= 0.3 is 0 Å². The molecule has 0 atom stereocenters. The average Bonchev–Trinajstić information content (AvgIpc) is 3.40. The van der Waals surface area contributed by atoms with E-state index in [-0.39, 0.29) is 12.6 Å². The van der Waals surface area contributed by atoms with E-state index in [0.29, 0.717) is 0 Å². The quantitative estimate of drug-likeness (QED) is 0.399. The van der Waals surface area contributed by atoms with Crippen LogP contribution in [0.2, 0.25) is 0 Å². The van der Waals surface area contributed by atoms with Crippen LogP contribution in [0.1, 0.15) is 40.8 Å². The van der Waals surface area contributed by atoms with Crippen molar-refractivity contribution in [3.8, 4) is 5.75 Å². The lowest BCUT2D eigenvalue weighted by molar-refractivity contribution is 0.0728. The zero-order valence-electron chi connectivity index (χ0n) is 20.4. The number of fused-ring (bicyclic) bond motifs is 2. The number of benzene rings is 2. The van der Waals surface area contributed by atoms with Crippen LogP contribution in [0.25, 0.3) is 22.0 Å². The highest BCUT2D eigenvalue weighted by atomic mass is 19.1. The predicted molar refractivity (Wildman–Crippen MR) is 138 cm³/mol. The van der Waals surface area contributed by atoms with Crippen LogP contribution < -0.4 is 4.74 Å². The molecule has 4 aromatic rings. The molecule has 5 nitrogen and oxygen atoms in total. The number of hydrogen-bond acceptors (Lipinski definition) is 3. The monoisotopic (exact) mass is 470 g/mol. The Morgan fingerprint density at radius 3 is 2.74 bits per heavy atom. The first-order chi connectivity index (χ1) is 17.1. The molecule has 2 aromatic carbocycles. The number of alkyl halides is 1. The summed E-state index contributed by atoms with van der Waals surface area (Å²) in [7, 11) is 3.70. The maximum absolute atomic E-state index is 12.8. The maximum atomic E-state index is 12.8. The summed E-state index contributed by atoms with van der Waals surface area (Å²) in [6.07, 6.45) is 7.20. The Kier molecular flexibility index (Phi) is 5.69.